The Hall–Kier alpha value is -1.33. The van der Waals surface area contributed by atoms with Crippen LogP contribution in [0.25, 0.3) is 0 Å². The zero-order valence-corrected chi connectivity index (χ0v) is 8.75. The Morgan fingerprint density at radius 3 is 2.07 bits per heavy atom. The van der Waals surface area contributed by atoms with Gasteiger partial charge in [0, 0.05) is 0 Å². The molecule has 0 aromatic heterocycles. The summed E-state index contributed by atoms with van der Waals surface area (Å²) < 4.78 is 22.8. The van der Waals surface area contributed by atoms with Crippen LogP contribution in [0.5, 0.6) is 11.5 Å². The quantitative estimate of drug-likeness (QED) is 0.757. The fourth-order valence-corrected chi connectivity index (χ4v) is 1.31. The molecular weight excluding hydrogens is 201 g/mol. The maximum Gasteiger partial charge on any atom is 0.161 e. The second-order valence-electron chi connectivity index (χ2n) is 2.92. The van der Waals surface area contributed by atoms with Crippen molar-refractivity contribution in [2.24, 2.45) is 5.90 Å². The highest BCUT2D eigenvalue weighted by Crippen LogP contribution is 2.31. The van der Waals surface area contributed by atoms with Crippen molar-refractivity contribution < 1.29 is 18.7 Å². The smallest absolute Gasteiger partial charge is 0.161 e. The lowest BCUT2D eigenvalue weighted by Gasteiger charge is -2.12. The molecule has 0 aliphatic carbocycles. The van der Waals surface area contributed by atoms with E-state index >= 15 is 0 Å². The minimum Gasteiger partial charge on any atom is -0.493 e. The van der Waals surface area contributed by atoms with Crippen LogP contribution in [0.3, 0.4) is 0 Å². The van der Waals surface area contributed by atoms with Crippen molar-refractivity contribution >= 4 is 0 Å². The van der Waals surface area contributed by atoms with Gasteiger partial charge in [-0.05, 0) is 23.3 Å². The lowest BCUT2D eigenvalue weighted by atomic mass is 10.1. The van der Waals surface area contributed by atoms with Crippen LogP contribution < -0.4 is 15.4 Å². The molecule has 15 heavy (non-hydrogen) atoms. The van der Waals surface area contributed by atoms with Crippen molar-refractivity contribution in [2.75, 3.05) is 14.2 Å². The maximum absolute atomic E-state index is 12.7. The molecule has 0 heterocycles. The van der Waals surface area contributed by atoms with Gasteiger partial charge in [-0.1, -0.05) is 0 Å². The number of nitrogens with two attached hydrogens (primary N) is 1. The first-order chi connectivity index (χ1) is 7.26. The van der Waals surface area contributed by atoms with Crippen LogP contribution in [0.1, 0.15) is 11.1 Å². The normalized spacial score (nSPS) is 10.1. The van der Waals surface area contributed by atoms with Crippen LogP contribution in [0.4, 0.5) is 4.39 Å². The number of halogens is 1. The van der Waals surface area contributed by atoms with Crippen LogP contribution >= 0.6 is 0 Å². The third kappa shape index (κ3) is 2.57. The van der Waals surface area contributed by atoms with E-state index < -0.39 is 6.67 Å². The Kier molecular flexibility index (Phi) is 4.33. The van der Waals surface area contributed by atoms with Gasteiger partial charge in [-0.3, -0.25) is 4.84 Å². The van der Waals surface area contributed by atoms with Gasteiger partial charge in [0.1, 0.15) is 6.67 Å². The minimum absolute atomic E-state index is 0.138. The van der Waals surface area contributed by atoms with Crippen molar-refractivity contribution in [3.05, 3.63) is 23.3 Å². The fourth-order valence-electron chi connectivity index (χ4n) is 1.31. The third-order valence-electron chi connectivity index (χ3n) is 2.09. The Labute approximate surface area is 87.7 Å². The third-order valence-corrected chi connectivity index (χ3v) is 2.09. The number of alkyl halides is 1. The lowest BCUT2D eigenvalue weighted by molar-refractivity contribution is 0.123. The SMILES string of the molecule is COc1cc(CF)c(CON)cc1OC. The maximum atomic E-state index is 12.7. The summed E-state index contributed by atoms with van der Waals surface area (Å²) in [4.78, 5) is 4.48. The fraction of sp³-hybridized carbons (Fsp3) is 0.400. The zero-order valence-electron chi connectivity index (χ0n) is 8.75. The standard InChI is InChI=1S/C10H14FNO3/c1-13-9-3-7(5-11)8(6-15-12)4-10(9)14-2/h3-4H,5-6,12H2,1-2H3. The first kappa shape index (κ1) is 11.7. The number of benzene rings is 1. The second-order valence-corrected chi connectivity index (χ2v) is 2.92. The topological polar surface area (TPSA) is 53.7 Å². The highest BCUT2D eigenvalue weighted by molar-refractivity contribution is 5.47. The van der Waals surface area contributed by atoms with Gasteiger partial charge >= 0.3 is 0 Å². The summed E-state index contributed by atoms with van der Waals surface area (Å²) >= 11 is 0. The van der Waals surface area contributed by atoms with Gasteiger partial charge in [0.2, 0.25) is 0 Å². The molecule has 0 atom stereocenters. The summed E-state index contributed by atoms with van der Waals surface area (Å²) in [5.41, 5.74) is 1.13. The number of ether oxygens (including phenoxy) is 2. The molecule has 84 valence electrons. The van der Waals surface area contributed by atoms with E-state index in [0.717, 1.165) is 0 Å². The van der Waals surface area contributed by atoms with E-state index in [-0.39, 0.29) is 6.61 Å². The van der Waals surface area contributed by atoms with Crippen molar-refractivity contribution in [1.82, 2.24) is 0 Å². The van der Waals surface area contributed by atoms with Crippen LogP contribution in [-0.2, 0) is 18.1 Å². The number of hydrogen-bond acceptors (Lipinski definition) is 4. The van der Waals surface area contributed by atoms with E-state index in [2.05, 4.69) is 4.84 Å². The molecule has 0 bridgehead atoms. The Morgan fingerprint density at radius 2 is 1.67 bits per heavy atom. The zero-order chi connectivity index (χ0) is 11.3. The van der Waals surface area contributed by atoms with E-state index in [1.807, 2.05) is 0 Å². The summed E-state index contributed by atoms with van der Waals surface area (Å²) in [5.74, 6) is 5.97. The van der Waals surface area contributed by atoms with Crippen molar-refractivity contribution in [3.63, 3.8) is 0 Å². The second kappa shape index (κ2) is 5.53. The lowest BCUT2D eigenvalue weighted by Crippen LogP contribution is -2.03. The molecule has 0 aliphatic heterocycles. The highest BCUT2D eigenvalue weighted by Gasteiger charge is 2.10. The van der Waals surface area contributed by atoms with Gasteiger partial charge in [-0.2, -0.15) is 0 Å². The first-order valence-electron chi connectivity index (χ1n) is 4.38. The summed E-state index contributed by atoms with van der Waals surface area (Å²) in [6.07, 6.45) is 0. The van der Waals surface area contributed by atoms with E-state index in [0.29, 0.717) is 22.6 Å². The molecule has 0 saturated heterocycles. The molecule has 1 aromatic carbocycles. The van der Waals surface area contributed by atoms with E-state index in [4.69, 9.17) is 15.4 Å². The Bertz CT molecular complexity index is 331. The average Bonchev–Trinajstić information content (AvgIpc) is 2.28. The van der Waals surface area contributed by atoms with Crippen molar-refractivity contribution in [3.8, 4) is 11.5 Å². The van der Waals surface area contributed by atoms with Crippen molar-refractivity contribution in [2.45, 2.75) is 13.3 Å². The van der Waals surface area contributed by atoms with E-state index in [1.54, 1.807) is 12.1 Å². The highest BCUT2D eigenvalue weighted by atomic mass is 19.1. The average molecular weight is 215 g/mol. The minimum atomic E-state index is -0.598. The van der Waals surface area contributed by atoms with Gasteiger partial charge in [0.25, 0.3) is 0 Å². The summed E-state index contributed by atoms with van der Waals surface area (Å²) in [6.45, 7) is -0.460. The van der Waals surface area contributed by atoms with Crippen LogP contribution in [-0.4, -0.2) is 14.2 Å². The van der Waals surface area contributed by atoms with Gasteiger partial charge in [0.05, 0.1) is 20.8 Å². The molecule has 1 aromatic rings. The molecule has 0 radical (unpaired) electrons. The molecule has 2 N–H and O–H groups in total. The van der Waals surface area contributed by atoms with E-state index in [9.17, 15) is 4.39 Å². The predicted octanol–water partition coefficient (Wildman–Crippen LogP) is 1.56. The van der Waals surface area contributed by atoms with Crippen LogP contribution in [0.2, 0.25) is 0 Å². The number of hydrogen-bond donors (Lipinski definition) is 1. The van der Waals surface area contributed by atoms with Crippen LogP contribution in [0, 0.1) is 0 Å². The molecular formula is C10H14FNO3. The first-order valence-corrected chi connectivity index (χ1v) is 4.38. The monoisotopic (exact) mass is 215 g/mol. The molecule has 0 amide bonds. The van der Waals surface area contributed by atoms with Crippen molar-refractivity contribution in [1.29, 1.82) is 0 Å². The molecule has 0 fully saturated rings. The summed E-state index contributed by atoms with van der Waals surface area (Å²) in [7, 11) is 3.01. The van der Waals surface area contributed by atoms with E-state index in [1.165, 1.54) is 14.2 Å². The largest absolute Gasteiger partial charge is 0.493 e. The van der Waals surface area contributed by atoms with Gasteiger partial charge < -0.3 is 9.47 Å². The molecule has 1 rings (SSSR count). The molecule has 0 aliphatic rings. The molecule has 4 nitrogen and oxygen atoms in total. The summed E-state index contributed by atoms with van der Waals surface area (Å²) in [6, 6.07) is 3.23. The molecule has 0 saturated carbocycles. The predicted molar refractivity (Wildman–Crippen MR) is 53.3 cm³/mol. The number of rotatable bonds is 5. The Morgan fingerprint density at radius 1 is 1.13 bits per heavy atom. The molecule has 5 heteroatoms. The Balaban J connectivity index is 3.15. The molecule has 0 spiro atoms. The summed E-state index contributed by atoms with van der Waals surface area (Å²) in [5, 5.41) is 0. The molecule has 0 unspecified atom stereocenters. The van der Waals surface area contributed by atoms with Gasteiger partial charge in [-0.15, -0.1) is 0 Å². The van der Waals surface area contributed by atoms with Crippen LogP contribution in [0.15, 0.2) is 12.1 Å². The van der Waals surface area contributed by atoms with Gasteiger partial charge in [0.15, 0.2) is 11.5 Å². The number of methoxy groups -OCH3 is 2. The van der Waals surface area contributed by atoms with Gasteiger partial charge in [-0.25, -0.2) is 10.3 Å².